The van der Waals surface area contributed by atoms with Crippen molar-refractivity contribution in [2.45, 2.75) is 69.6 Å². The van der Waals surface area contributed by atoms with Crippen LogP contribution in [-0.4, -0.2) is 65.4 Å². The molecule has 0 spiro atoms. The van der Waals surface area contributed by atoms with E-state index in [0.717, 1.165) is 16.7 Å². The first-order chi connectivity index (χ1) is 19.5. The molecule has 2 aromatic carbocycles. The van der Waals surface area contributed by atoms with Crippen molar-refractivity contribution < 1.29 is 29.1 Å². The number of hydrogen-bond acceptors (Lipinski definition) is 7. The number of phenolic OH excluding ortho intramolecular Hbond substituents is 1. The van der Waals surface area contributed by atoms with E-state index in [1.165, 1.54) is 12.1 Å². The third-order valence-corrected chi connectivity index (χ3v) is 6.99. The van der Waals surface area contributed by atoms with Crippen molar-refractivity contribution in [3.8, 4) is 5.75 Å². The standard InChI is InChI=1S/C29H38N6O6/c1-17-5-2-3-6-19(17)16-24-29(41)33-22(26(31)38)12-13-25(37)32-14-4-7-23(28(40)35-24)34-27(39)21(30)15-18-8-10-20(36)11-9-18/h2-3,5-6,8-11,21-24,36H,4,7,12-16,30H2,1H3,(H2,31,38)(H,32,37)(H,33,41)(H,34,39)(H,35,40)/t21-,22?,23+,24?/m0/s1. The van der Waals surface area contributed by atoms with Crippen molar-refractivity contribution >= 4 is 29.5 Å². The highest BCUT2D eigenvalue weighted by Crippen LogP contribution is 2.13. The lowest BCUT2D eigenvalue weighted by molar-refractivity contribution is -0.134. The normalized spacial score (nSPS) is 21.4. The van der Waals surface area contributed by atoms with Crippen LogP contribution in [0.3, 0.4) is 0 Å². The molecule has 12 heteroatoms. The quantitative estimate of drug-likeness (QED) is 0.232. The number of benzene rings is 2. The van der Waals surface area contributed by atoms with Crippen LogP contribution in [0.25, 0.3) is 0 Å². The highest BCUT2D eigenvalue weighted by molar-refractivity contribution is 5.95. The number of hydrogen-bond donors (Lipinski definition) is 7. The van der Waals surface area contributed by atoms with Gasteiger partial charge >= 0.3 is 0 Å². The Kier molecular flexibility index (Phi) is 11.2. The Hall–Kier alpha value is -4.45. The van der Waals surface area contributed by atoms with Gasteiger partial charge < -0.3 is 37.8 Å². The van der Waals surface area contributed by atoms with Gasteiger partial charge in [0.15, 0.2) is 0 Å². The molecule has 3 rings (SSSR count). The van der Waals surface area contributed by atoms with Gasteiger partial charge in [0.25, 0.3) is 0 Å². The predicted molar refractivity (Wildman–Crippen MR) is 151 cm³/mol. The first-order valence-corrected chi connectivity index (χ1v) is 13.6. The first kappa shape index (κ1) is 31.1. The largest absolute Gasteiger partial charge is 0.508 e. The van der Waals surface area contributed by atoms with E-state index < -0.39 is 47.8 Å². The summed E-state index contributed by atoms with van der Waals surface area (Å²) in [5.74, 6) is -2.87. The number of nitrogens with two attached hydrogens (primary N) is 2. The summed E-state index contributed by atoms with van der Waals surface area (Å²) in [7, 11) is 0. The molecule has 0 aromatic heterocycles. The first-order valence-electron chi connectivity index (χ1n) is 13.6. The van der Waals surface area contributed by atoms with Gasteiger partial charge in [-0.2, -0.15) is 0 Å². The molecule has 0 aliphatic carbocycles. The molecule has 5 amide bonds. The Morgan fingerprint density at radius 2 is 1.73 bits per heavy atom. The monoisotopic (exact) mass is 566 g/mol. The van der Waals surface area contributed by atoms with Gasteiger partial charge in [-0.1, -0.05) is 36.4 Å². The second-order valence-electron chi connectivity index (χ2n) is 10.2. The molecule has 1 aliphatic rings. The molecule has 2 unspecified atom stereocenters. The molecule has 1 saturated heterocycles. The lowest BCUT2D eigenvalue weighted by Gasteiger charge is -2.26. The number of aromatic hydroxyl groups is 1. The van der Waals surface area contributed by atoms with Gasteiger partial charge in [-0.25, -0.2) is 0 Å². The van der Waals surface area contributed by atoms with Crippen LogP contribution in [-0.2, 0) is 36.8 Å². The topological polar surface area (TPSA) is 206 Å². The van der Waals surface area contributed by atoms with Crippen LogP contribution in [0, 0.1) is 6.92 Å². The third kappa shape index (κ3) is 9.60. The average molecular weight is 567 g/mol. The lowest BCUT2D eigenvalue weighted by atomic mass is 9.99. The van der Waals surface area contributed by atoms with E-state index in [9.17, 15) is 29.1 Å². The van der Waals surface area contributed by atoms with Crippen LogP contribution in [0.2, 0.25) is 0 Å². The summed E-state index contributed by atoms with van der Waals surface area (Å²) < 4.78 is 0. The fraction of sp³-hybridized carbons (Fsp3) is 0.414. The highest BCUT2D eigenvalue weighted by atomic mass is 16.3. The van der Waals surface area contributed by atoms with Crippen molar-refractivity contribution in [1.82, 2.24) is 21.3 Å². The minimum atomic E-state index is -1.11. The molecule has 0 saturated carbocycles. The smallest absolute Gasteiger partial charge is 0.243 e. The number of phenols is 1. The van der Waals surface area contributed by atoms with E-state index in [4.69, 9.17) is 11.5 Å². The summed E-state index contributed by atoms with van der Waals surface area (Å²) in [5, 5.41) is 20.2. The fourth-order valence-corrected chi connectivity index (χ4v) is 4.52. The molecule has 0 radical (unpaired) electrons. The Labute approximate surface area is 238 Å². The Morgan fingerprint density at radius 3 is 2.41 bits per heavy atom. The van der Waals surface area contributed by atoms with Crippen molar-refractivity contribution in [2.24, 2.45) is 11.5 Å². The molecule has 2 aromatic rings. The van der Waals surface area contributed by atoms with Crippen LogP contribution in [0.1, 0.15) is 42.4 Å². The minimum absolute atomic E-state index is 0.00946. The molecule has 220 valence electrons. The Balaban J connectivity index is 1.82. The SMILES string of the molecule is Cc1ccccc1CC1NC(=O)[C@H](NC(=O)[C@@H](N)Cc2ccc(O)cc2)CCCNC(=O)CCC(C(N)=O)NC1=O. The van der Waals surface area contributed by atoms with Gasteiger partial charge in [0.2, 0.25) is 29.5 Å². The number of amides is 5. The van der Waals surface area contributed by atoms with Crippen LogP contribution in [0.5, 0.6) is 5.75 Å². The summed E-state index contributed by atoms with van der Waals surface area (Å²) in [6, 6.07) is 9.41. The molecule has 41 heavy (non-hydrogen) atoms. The van der Waals surface area contributed by atoms with E-state index in [1.54, 1.807) is 12.1 Å². The van der Waals surface area contributed by atoms with Gasteiger partial charge in [0.1, 0.15) is 23.9 Å². The van der Waals surface area contributed by atoms with E-state index in [2.05, 4.69) is 21.3 Å². The Morgan fingerprint density at radius 1 is 1.02 bits per heavy atom. The number of rotatable bonds is 7. The molecule has 0 bridgehead atoms. The fourth-order valence-electron chi connectivity index (χ4n) is 4.52. The van der Waals surface area contributed by atoms with Crippen LogP contribution in [0.15, 0.2) is 48.5 Å². The molecular weight excluding hydrogens is 528 g/mol. The lowest BCUT2D eigenvalue weighted by Crippen LogP contribution is -2.58. The maximum absolute atomic E-state index is 13.5. The second-order valence-corrected chi connectivity index (χ2v) is 10.2. The molecule has 9 N–H and O–H groups in total. The second kappa shape index (κ2) is 14.8. The predicted octanol–water partition coefficient (Wildman–Crippen LogP) is -0.557. The maximum atomic E-state index is 13.5. The van der Waals surface area contributed by atoms with Gasteiger partial charge in [0.05, 0.1) is 6.04 Å². The van der Waals surface area contributed by atoms with Crippen molar-refractivity contribution in [3.63, 3.8) is 0 Å². The average Bonchev–Trinajstić information content (AvgIpc) is 2.93. The highest BCUT2D eigenvalue weighted by Gasteiger charge is 2.31. The summed E-state index contributed by atoms with van der Waals surface area (Å²) in [4.78, 5) is 64.2. The number of carbonyl (C=O) groups is 5. The molecule has 1 aliphatic heterocycles. The third-order valence-electron chi connectivity index (χ3n) is 6.99. The van der Waals surface area contributed by atoms with Crippen LogP contribution < -0.4 is 32.7 Å². The Bertz CT molecular complexity index is 1250. The molecule has 1 heterocycles. The van der Waals surface area contributed by atoms with Crippen molar-refractivity contribution in [3.05, 3.63) is 65.2 Å². The zero-order chi connectivity index (χ0) is 29.9. The molecular formula is C29H38N6O6. The number of nitrogens with one attached hydrogen (secondary N) is 4. The molecule has 1 fully saturated rings. The van der Waals surface area contributed by atoms with Gasteiger partial charge in [0, 0.05) is 19.4 Å². The summed E-state index contributed by atoms with van der Waals surface area (Å²) in [6.07, 6.45) is 0.794. The number of carbonyl (C=O) groups excluding carboxylic acids is 5. The summed E-state index contributed by atoms with van der Waals surface area (Å²) in [5.41, 5.74) is 14.0. The maximum Gasteiger partial charge on any atom is 0.243 e. The summed E-state index contributed by atoms with van der Waals surface area (Å²) >= 11 is 0. The van der Waals surface area contributed by atoms with E-state index in [-0.39, 0.29) is 50.3 Å². The molecule has 4 atom stereocenters. The molecule has 12 nitrogen and oxygen atoms in total. The van der Waals surface area contributed by atoms with Gasteiger partial charge in [-0.15, -0.1) is 0 Å². The van der Waals surface area contributed by atoms with Gasteiger partial charge in [-0.05, 0) is 61.4 Å². The zero-order valence-corrected chi connectivity index (χ0v) is 23.0. The zero-order valence-electron chi connectivity index (χ0n) is 23.0. The summed E-state index contributed by atoms with van der Waals surface area (Å²) in [6.45, 7) is 2.11. The van der Waals surface area contributed by atoms with E-state index >= 15 is 0 Å². The number of aryl methyl sites for hydroxylation is 1. The van der Waals surface area contributed by atoms with Gasteiger partial charge in [-0.3, -0.25) is 24.0 Å². The van der Waals surface area contributed by atoms with E-state index in [0.29, 0.717) is 6.42 Å². The number of primary amides is 1. The van der Waals surface area contributed by atoms with Crippen LogP contribution in [0.4, 0.5) is 0 Å². The minimum Gasteiger partial charge on any atom is -0.508 e. The van der Waals surface area contributed by atoms with Crippen LogP contribution >= 0.6 is 0 Å². The van der Waals surface area contributed by atoms with Crippen molar-refractivity contribution in [1.29, 1.82) is 0 Å². The van der Waals surface area contributed by atoms with E-state index in [1.807, 2.05) is 31.2 Å². The van der Waals surface area contributed by atoms with Crippen molar-refractivity contribution in [2.75, 3.05) is 6.54 Å².